The van der Waals surface area contributed by atoms with E-state index in [9.17, 15) is 4.79 Å². The predicted octanol–water partition coefficient (Wildman–Crippen LogP) is 2.88. The highest BCUT2D eigenvalue weighted by Gasteiger charge is 2.43. The van der Waals surface area contributed by atoms with Crippen LogP contribution in [0.5, 0.6) is 0 Å². The molecule has 1 saturated carbocycles. The number of nitrogens with zero attached hydrogens (tertiary/aromatic N) is 3. The molecule has 1 aliphatic carbocycles. The summed E-state index contributed by atoms with van der Waals surface area (Å²) in [6.07, 6.45) is 5.83. The molecule has 1 heterocycles. The minimum absolute atomic E-state index is 0.0204. The lowest BCUT2D eigenvalue weighted by Gasteiger charge is -2.00. The van der Waals surface area contributed by atoms with Crippen molar-refractivity contribution in [1.82, 2.24) is 15.4 Å². The highest BCUT2D eigenvalue weighted by atomic mass is 16.2. The van der Waals surface area contributed by atoms with Gasteiger partial charge in [0.15, 0.2) is 0 Å². The summed E-state index contributed by atoms with van der Waals surface area (Å²) >= 11 is 0. The summed E-state index contributed by atoms with van der Waals surface area (Å²) in [7, 11) is 0. The zero-order valence-electron chi connectivity index (χ0n) is 13.0. The van der Waals surface area contributed by atoms with Crippen molar-refractivity contribution in [2.75, 3.05) is 0 Å². The molecule has 0 aliphatic heterocycles. The van der Waals surface area contributed by atoms with Crippen molar-refractivity contribution in [3.63, 3.8) is 0 Å². The number of hydrazone groups is 1. The van der Waals surface area contributed by atoms with E-state index in [0.29, 0.717) is 5.92 Å². The molecule has 5 nitrogen and oxygen atoms in total. The van der Waals surface area contributed by atoms with Gasteiger partial charge in [-0.2, -0.15) is 5.10 Å². The molecular weight excluding hydrogens is 300 g/mol. The second-order valence-electron chi connectivity index (χ2n) is 5.90. The monoisotopic (exact) mass is 316 g/mol. The number of fused-ring (bicyclic) bond motifs is 1. The normalized spacial score (nSPS) is 19.5. The third kappa shape index (κ3) is 3.01. The predicted molar refractivity (Wildman–Crippen MR) is 92.6 cm³/mol. The van der Waals surface area contributed by atoms with Crippen LogP contribution in [0, 0.1) is 5.92 Å². The van der Waals surface area contributed by atoms with E-state index >= 15 is 0 Å². The Morgan fingerprint density at radius 2 is 1.88 bits per heavy atom. The van der Waals surface area contributed by atoms with E-state index in [-0.39, 0.29) is 11.8 Å². The van der Waals surface area contributed by atoms with Gasteiger partial charge in [0, 0.05) is 18.3 Å². The maximum atomic E-state index is 12.1. The first-order valence-electron chi connectivity index (χ1n) is 7.90. The zero-order valence-corrected chi connectivity index (χ0v) is 13.0. The van der Waals surface area contributed by atoms with Crippen LogP contribution in [0.1, 0.15) is 23.5 Å². The summed E-state index contributed by atoms with van der Waals surface area (Å²) in [6, 6.07) is 15.8. The summed E-state index contributed by atoms with van der Waals surface area (Å²) in [5.41, 5.74) is 6.37. The summed E-state index contributed by atoms with van der Waals surface area (Å²) in [5, 5.41) is 4.06. The van der Waals surface area contributed by atoms with Crippen molar-refractivity contribution in [3.05, 3.63) is 72.1 Å². The third-order valence-electron chi connectivity index (χ3n) is 4.24. The SMILES string of the molecule is O=C(N/N=C/c1ccc2nccnc2c1)[C@@H]1C[C@H]1c1ccccc1. The van der Waals surface area contributed by atoms with Crippen molar-refractivity contribution in [1.29, 1.82) is 0 Å². The molecule has 0 radical (unpaired) electrons. The van der Waals surface area contributed by atoms with Crippen molar-refractivity contribution in [3.8, 4) is 0 Å². The molecule has 24 heavy (non-hydrogen) atoms. The molecule has 118 valence electrons. The van der Waals surface area contributed by atoms with Gasteiger partial charge in [-0.1, -0.05) is 36.4 Å². The van der Waals surface area contributed by atoms with Crippen molar-refractivity contribution in [2.45, 2.75) is 12.3 Å². The van der Waals surface area contributed by atoms with Gasteiger partial charge >= 0.3 is 0 Å². The number of carbonyl (C=O) groups is 1. The molecule has 1 aliphatic rings. The molecule has 5 heteroatoms. The zero-order chi connectivity index (χ0) is 16.4. The minimum Gasteiger partial charge on any atom is -0.273 e. The van der Waals surface area contributed by atoms with Gasteiger partial charge in [0.2, 0.25) is 5.91 Å². The Morgan fingerprint density at radius 1 is 1.08 bits per heavy atom. The lowest BCUT2D eigenvalue weighted by atomic mass is 10.1. The smallest absolute Gasteiger partial charge is 0.243 e. The van der Waals surface area contributed by atoms with Crippen LogP contribution in [0.3, 0.4) is 0 Å². The Hall–Kier alpha value is -3.08. The van der Waals surface area contributed by atoms with E-state index in [0.717, 1.165) is 23.0 Å². The lowest BCUT2D eigenvalue weighted by Crippen LogP contribution is -2.20. The molecule has 0 saturated heterocycles. The fraction of sp³-hybridized carbons (Fsp3) is 0.158. The van der Waals surface area contributed by atoms with Gasteiger partial charge in [-0.3, -0.25) is 14.8 Å². The third-order valence-corrected chi connectivity index (χ3v) is 4.24. The number of hydrogen-bond donors (Lipinski definition) is 1. The van der Waals surface area contributed by atoms with Gasteiger partial charge in [-0.15, -0.1) is 0 Å². The highest BCUT2D eigenvalue weighted by Crippen LogP contribution is 2.47. The Morgan fingerprint density at radius 3 is 2.71 bits per heavy atom. The first-order chi connectivity index (χ1) is 11.8. The maximum absolute atomic E-state index is 12.1. The first-order valence-corrected chi connectivity index (χ1v) is 7.90. The molecule has 2 atom stereocenters. The molecule has 1 fully saturated rings. The maximum Gasteiger partial charge on any atom is 0.243 e. The van der Waals surface area contributed by atoms with Crippen LogP contribution in [0.2, 0.25) is 0 Å². The number of aromatic nitrogens is 2. The van der Waals surface area contributed by atoms with Gasteiger partial charge in [0.25, 0.3) is 0 Å². The molecule has 1 N–H and O–H groups in total. The highest BCUT2D eigenvalue weighted by molar-refractivity contribution is 5.88. The average molecular weight is 316 g/mol. The topological polar surface area (TPSA) is 67.2 Å². The van der Waals surface area contributed by atoms with Crippen LogP contribution in [0.25, 0.3) is 11.0 Å². The summed E-state index contributed by atoms with van der Waals surface area (Å²) in [4.78, 5) is 20.6. The number of rotatable bonds is 4. The van der Waals surface area contributed by atoms with Crippen LogP contribution in [0.4, 0.5) is 0 Å². The first kappa shape index (κ1) is 14.5. The molecule has 1 aromatic heterocycles. The number of benzene rings is 2. The molecule has 0 bridgehead atoms. The standard InChI is InChI=1S/C19H16N4O/c24-19(16-11-15(16)14-4-2-1-3-5-14)23-22-12-13-6-7-17-18(10-13)21-9-8-20-17/h1-10,12,15-16H,11H2,(H,23,24)/b22-12+/t15-,16+/m0/s1. The summed E-state index contributed by atoms with van der Waals surface area (Å²) in [5.74, 6) is 0.310. The second kappa shape index (κ2) is 6.20. The Balaban J connectivity index is 1.37. The van der Waals surface area contributed by atoms with Gasteiger partial charge in [0.1, 0.15) is 0 Å². The Bertz CT molecular complexity index is 907. The fourth-order valence-electron chi connectivity index (χ4n) is 2.87. The molecule has 4 rings (SSSR count). The molecule has 0 unspecified atom stereocenters. The molecule has 0 spiro atoms. The Labute approximate surface area is 139 Å². The largest absolute Gasteiger partial charge is 0.273 e. The fourth-order valence-corrected chi connectivity index (χ4v) is 2.87. The molecular formula is C19H16N4O. The number of nitrogens with one attached hydrogen (secondary N) is 1. The van der Waals surface area contributed by atoms with E-state index < -0.39 is 0 Å². The van der Waals surface area contributed by atoms with Crippen molar-refractivity contribution >= 4 is 23.2 Å². The second-order valence-corrected chi connectivity index (χ2v) is 5.90. The van der Waals surface area contributed by atoms with Crippen LogP contribution < -0.4 is 5.43 Å². The average Bonchev–Trinajstić information content (AvgIpc) is 3.43. The van der Waals surface area contributed by atoms with Crippen LogP contribution in [-0.4, -0.2) is 22.1 Å². The molecule has 3 aromatic rings. The molecule has 2 aromatic carbocycles. The van der Waals surface area contributed by atoms with Crippen LogP contribution in [0.15, 0.2) is 66.0 Å². The number of amides is 1. The molecule has 1 amide bonds. The van der Waals surface area contributed by atoms with Crippen molar-refractivity contribution < 1.29 is 4.79 Å². The van der Waals surface area contributed by atoms with Gasteiger partial charge in [-0.25, -0.2) is 5.43 Å². The minimum atomic E-state index is -0.0271. The summed E-state index contributed by atoms with van der Waals surface area (Å²) < 4.78 is 0. The quantitative estimate of drug-likeness (QED) is 0.594. The van der Waals surface area contributed by atoms with E-state index in [4.69, 9.17) is 0 Å². The van der Waals surface area contributed by atoms with E-state index in [1.165, 1.54) is 5.56 Å². The van der Waals surface area contributed by atoms with Gasteiger partial charge in [0.05, 0.1) is 17.2 Å². The van der Waals surface area contributed by atoms with Crippen LogP contribution in [-0.2, 0) is 4.79 Å². The number of carbonyl (C=O) groups excluding carboxylic acids is 1. The summed E-state index contributed by atoms with van der Waals surface area (Å²) in [6.45, 7) is 0. The Kier molecular flexibility index (Phi) is 3.75. The van der Waals surface area contributed by atoms with Crippen molar-refractivity contribution in [2.24, 2.45) is 11.0 Å². The number of hydrogen-bond acceptors (Lipinski definition) is 4. The van der Waals surface area contributed by atoms with E-state index in [1.54, 1.807) is 18.6 Å². The van der Waals surface area contributed by atoms with Gasteiger partial charge in [-0.05, 0) is 35.6 Å². The van der Waals surface area contributed by atoms with Gasteiger partial charge < -0.3 is 0 Å². The van der Waals surface area contributed by atoms with E-state index in [1.807, 2.05) is 36.4 Å². The van der Waals surface area contributed by atoms with Crippen LogP contribution >= 0.6 is 0 Å². The lowest BCUT2D eigenvalue weighted by molar-refractivity contribution is -0.122. The van der Waals surface area contributed by atoms with E-state index in [2.05, 4.69) is 32.6 Å².